The lowest BCUT2D eigenvalue weighted by atomic mass is 10.1. The average molecular weight is 140 g/mol. The molecule has 0 radical (unpaired) electrons. The van der Waals surface area contributed by atoms with Gasteiger partial charge in [0.1, 0.15) is 0 Å². The molecule has 0 aromatic rings. The Kier molecular flexibility index (Phi) is 4.06. The number of nitrogens with zero attached hydrogens (tertiary/aromatic N) is 2. The number of rotatable bonds is 3. The molecule has 2 nitrogen and oxygen atoms in total. The summed E-state index contributed by atoms with van der Waals surface area (Å²) in [6.07, 6.45) is 0. The monoisotopic (exact) mass is 140 g/mol. The molecular formula is C8H16N2. The SMILES string of the molecule is CC(C)C(C)N(C)CC#N. The molecule has 0 spiro atoms. The van der Waals surface area contributed by atoms with E-state index in [0.29, 0.717) is 18.5 Å². The van der Waals surface area contributed by atoms with E-state index in [-0.39, 0.29) is 0 Å². The van der Waals surface area contributed by atoms with E-state index in [4.69, 9.17) is 5.26 Å². The summed E-state index contributed by atoms with van der Waals surface area (Å²) in [7, 11) is 1.98. The minimum atomic E-state index is 0.500. The first-order valence-electron chi connectivity index (χ1n) is 3.66. The number of hydrogen-bond acceptors (Lipinski definition) is 2. The van der Waals surface area contributed by atoms with Crippen molar-refractivity contribution in [2.45, 2.75) is 26.8 Å². The largest absolute Gasteiger partial charge is 0.291 e. The molecule has 0 bridgehead atoms. The summed E-state index contributed by atoms with van der Waals surface area (Å²) in [5.41, 5.74) is 0. The first kappa shape index (κ1) is 9.45. The third-order valence-corrected chi connectivity index (χ3v) is 1.98. The van der Waals surface area contributed by atoms with Gasteiger partial charge in [-0.1, -0.05) is 13.8 Å². The van der Waals surface area contributed by atoms with Crippen molar-refractivity contribution in [3.8, 4) is 6.07 Å². The molecule has 0 aromatic heterocycles. The second kappa shape index (κ2) is 4.29. The van der Waals surface area contributed by atoms with Gasteiger partial charge in [-0.15, -0.1) is 0 Å². The Balaban J connectivity index is 3.72. The van der Waals surface area contributed by atoms with Gasteiger partial charge in [-0.05, 0) is 19.9 Å². The fourth-order valence-electron chi connectivity index (χ4n) is 0.764. The minimum absolute atomic E-state index is 0.500. The van der Waals surface area contributed by atoms with Crippen LogP contribution in [0.25, 0.3) is 0 Å². The maximum atomic E-state index is 8.38. The van der Waals surface area contributed by atoms with Gasteiger partial charge in [-0.3, -0.25) is 4.90 Å². The van der Waals surface area contributed by atoms with E-state index in [2.05, 4.69) is 31.7 Å². The van der Waals surface area contributed by atoms with Crippen LogP contribution in [-0.4, -0.2) is 24.5 Å². The Morgan fingerprint density at radius 2 is 1.90 bits per heavy atom. The molecule has 1 unspecified atom stereocenters. The van der Waals surface area contributed by atoms with E-state index in [9.17, 15) is 0 Å². The van der Waals surface area contributed by atoms with Crippen molar-refractivity contribution in [3.63, 3.8) is 0 Å². The molecular weight excluding hydrogens is 124 g/mol. The van der Waals surface area contributed by atoms with Crippen molar-refractivity contribution >= 4 is 0 Å². The molecule has 0 amide bonds. The molecule has 0 aliphatic heterocycles. The topological polar surface area (TPSA) is 27.0 Å². The quantitative estimate of drug-likeness (QED) is 0.555. The lowest BCUT2D eigenvalue weighted by Crippen LogP contribution is -2.33. The number of nitriles is 1. The van der Waals surface area contributed by atoms with Crippen molar-refractivity contribution in [3.05, 3.63) is 0 Å². The summed E-state index contributed by atoms with van der Waals surface area (Å²) < 4.78 is 0. The first-order chi connectivity index (χ1) is 4.59. The minimum Gasteiger partial charge on any atom is -0.291 e. The second-order valence-corrected chi connectivity index (χ2v) is 3.06. The smallest absolute Gasteiger partial charge is 0.0865 e. The van der Waals surface area contributed by atoms with E-state index < -0.39 is 0 Å². The van der Waals surface area contributed by atoms with Crippen molar-refractivity contribution in [2.24, 2.45) is 5.92 Å². The van der Waals surface area contributed by atoms with Crippen LogP contribution in [0.2, 0.25) is 0 Å². The zero-order chi connectivity index (χ0) is 8.15. The summed E-state index contributed by atoms with van der Waals surface area (Å²) in [6, 6.07) is 2.63. The average Bonchev–Trinajstić information content (AvgIpc) is 1.87. The standard InChI is InChI=1S/C8H16N2/c1-7(2)8(3)10(4)6-5-9/h7-8H,6H2,1-4H3. The fourth-order valence-corrected chi connectivity index (χ4v) is 0.764. The van der Waals surface area contributed by atoms with Gasteiger partial charge in [0.15, 0.2) is 0 Å². The molecule has 0 aliphatic rings. The highest BCUT2D eigenvalue weighted by Crippen LogP contribution is 2.06. The van der Waals surface area contributed by atoms with Crippen LogP contribution >= 0.6 is 0 Å². The van der Waals surface area contributed by atoms with E-state index >= 15 is 0 Å². The molecule has 10 heavy (non-hydrogen) atoms. The van der Waals surface area contributed by atoms with Crippen molar-refractivity contribution < 1.29 is 0 Å². The maximum Gasteiger partial charge on any atom is 0.0865 e. The third kappa shape index (κ3) is 2.84. The predicted octanol–water partition coefficient (Wildman–Crippen LogP) is 1.49. The van der Waals surface area contributed by atoms with Crippen LogP contribution in [0.15, 0.2) is 0 Å². The summed E-state index contributed by atoms with van der Waals surface area (Å²) in [4.78, 5) is 2.06. The van der Waals surface area contributed by atoms with Gasteiger partial charge >= 0.3 is 0 Å². The van der Waals surface area contributed by atoms with Gasteiger partial charge in [0.25, 0.3) is 0 Å². The van der Waals surface area contributed by atoms with Gasteiger partial charge in [0.05, 0.1) is 12.6 Å². The van der Waals surface area contributed by atoms with Crippen molar-refractivity contribution in [2.75, 3.05) is 13.6 Å². The number of hydrogen-bond donors (Lipinski definition) is 0. The van der Waals surface area contributed by atoms with E-state index in [1.807, 2.05) is 7.05 Å². The van der Waals surface area contributed by atoms with Crippen LogP contribution in [0.4, 0.5) is 0 Å². The molecule has 0 aliphatic carbocycles. The second-order valence-electron chi connectivity index (χ2n) is 3.06. The zero-order valence-electron chi connectivity index (χ0n) is 7.26. The summed E-state index contributed by atoms with van der Waals surface area (Å²) in [6.45, 7) is 7.00. The van der Waals surface area contributed by atoms with Crippen LogP contribution in [0.5, 0.6) is 0 Å². The highest BCUT2D eigenvalue weighted by molar-refractivity contribution is 4.78. The predicted molar refractivity (Wildman–Crippen MR) is 42.5 cm³/mol. The highest BCUT2D eigenvalue weighted by Gasteiger charge is 2.11. The lowest BCUT2D eigenvalue weighted by molar-refractivity contribution is 0.231. The molecule has 0 fully saturated rings. The van der Waals surface area contributed by atoms with Crippen molar-refractivity contribution in [1.82, 2.24) is 4.90 Å². The summed E-state index contributed by atoms with van der Waals surface area (Å²) >= 11 is 0. The molecule has 2 heteroatoms. The Morgan fingerprint density at radius 1 is 1.40 bits per heavy atom. The summed E-state index contributed by atoms with van der Waals surface area (Å²) in [5, 5.41) is 8.38. The molecule has 0 N–H and O–H groups in total. The molecule has 0 rings (SSSR count). The molecule has 58 valence electrons. The van der Waals surface area contributed by atoms with Gasteiger partial charge < -0.3 is 0 Å². The van der Waals surface area contributed by atoms with Crippen LogP contribution in [-0.2, 0) is 0 Å². The van der Waals surface area contributed by atoms with Crippen LogP contribution < -0.4 is 0 Å². The molecule has 1 atom stereocenters. The van der Waals surface area contributed by atoms with E-state index in [1.165, 1.54) is 0 Å². The molecule has 0 aromatic carbocycles. The highest BCUT2D eigenvalue weighted by atomic mass is 15.1. The Bertz CT molecular complexity index is 124. The van der Waals surface area contributed by atoms with Crippen LogP contribution in [0.1, 0.15) is 20.8 Å². The maximum absolute atomic E-state index is 8.38. The van der Waals surface area contributed by atoms with E-state index in [0.717, 1.165) is 0 Å². The lowest BCUT2D eigenvalue weighted by Gasteiger charge is -2.24. The molecule has 0 saturated carbocycles. The normalized spacial score (nSPS) is 13.7. The van der Waals surface area contributed by atoms with Crippen LogP contribution in [0.3, 0.4) is 0 Å². The zero-order valence-corrected chi connectivity index (χ0v) is 7.26. The Hall–Kier alpha value is -0.550. The van der Waals surface area contributed by atoms with Crippen molar-refractivity contribution in [1.29, 1.82) is 5.26 Å². The van der Waals surface area contributed by atoms with Gasteiger partial charge in [-0.25, -0.2) is 0 Å². The Morgan fingerprint density at radius 3 is 2.20 bits per heavy atom. The van der Waals surface area contributed by atoms with E-state index in [1.54, 1.807) is 0 Å². The third-order valence-electron chi connectivity index (χ3n) is 1.98. The van der Waals surface area contributed by atoms with Gasteiger partial charge in [0, 0.05) is 6.04 Å². The fraction of sp³-hybridized carbons (Fsp3) is 0.875. The Labute approximate surface area is 63.4 Å². The van der Waals surface area contributed by atoms with Gasteiger partial charge in [-0.2, -0.15) is 5.26 Å². The van der Waals surface area contributed by atoms with Crippen LogP contribution in [0, 0.1) is 17.2 Å². The summed E-state index contributed by atoms with van der Waals surface area (Å²) in [5.74, 6) is 0.623. The van der Waals surface area contributed by atoms with Gasteiger partial charge in [0.2, 0.25) is 0 Å². The molecule has 0 saturated heterocycles. The first-order valence-corrected chi connectivity index (χ1v) is 3.66. The molecule has 0 heterocycles.